The van der Waals surface area contributed by atoms with Crippen molar-refractivity contribution in [3.8, 4) is 0 Å². The molecule has 5 rings (SSSR count). The molecule has 4 atom stereocenters. The topological polar surface area (TPSA) is 95.5 Å². The number of carboxylic acids is 1. The van der Waals surface area contributed by atoms with Gasteiger partial charge in [-0.1, -0.05) is 38.3 Å². The second-order valence-corrected chi connectivity index (χ2v) is 10.4. The molecule has 0 aliphatic heterocycles. The lowest BCUT2D eigenvalue weighted by Crippen LogP contribution is -2.47. The molecule has 0 aromatic carbocycles. The molecule has 0 saturated heterocycles. The van der Waals surface area contributed by atoms with E-state index < -0.39 is 17.8 Å². The standard InChI is InChI=1S/C24H32N2O4S/c1-3-17-13(2)31-23(20(17)22(28)25-16-7-5-4-6-8-16)26-21(27)18-14-9-11-15(12-10-14)19(18)24(29)30/h9,11,14-16,18-19H,3-8,10,12H2,1-2H3,(H,25,28)(H,26,27)(H,29,30)/t14-,15-,18+,19-/m0/s1. The van der Waals surface area contributed by atoms with Crippen molar-refractivity contribution < 1.29 is 19.5 Å². The quantitative estimate of drug-likeness (QED) is 0.562. The van der Waals surface area contributed by atoms with Gasteiger partial charge in [0.1, 0.15) is 5.00 Å². The highest BCUT2D eigenvalue weighted by molar-refractivity contribution is 7.16. The Bertz CT molecular complexity index is 900. The lowest BCUT2D eigenvalue weighted by Gasteiger charge is -2.41. The maximum atomic E-state index is 13.3. The Labute approximate surface area is 187 Å². The van der Waals surface area contributed by atoms with Gasteiger partial charge in [0.25, 0.3) is 5.91 Å². The van der Waals surface area contributed by atoms with Crippen molar-refractivity contribution in [3.63, 3.8) is 0 Å². The minimum absolute atomic E-state index is 0.0580. The van der Waals surface area contributed by atoms with E-state index in [1.54, 1.807) is 0 Å². The number of anilines is 1. The Morgan fingerprint density at radius 2 is 1.68 bits per heavy atom. The lowest BCUT2D eigenvalue weighted by molar-refractivity contribution is -0.151. The number of rotatable bonds is 6. The molecule has 4 aliphatic rings. The molecule has 2 fully saturated rings. The Kier molecular flexibility index (Phi) is 6.51. The van der Waals surface area contributed by atoms with E-state index in [-0.39, 0.29) is 29.7 Å². The summed E-state index contributed by atoms with van der Waals surface area (Å²) in [5.74, 6) is -2.75. The number of aryl methyl sites for hydroxylation is 1. The van der Waals surface area contributed by atoms with Crippen molar-refractivity contribution in [1.29, 1.82) is 0 Å². The third-order valence-electron chi connectivity index (χ3n) is 7.30. The van der Waals surface area contributed by atoms with Crippen molar-refractivity contribution in [2.45, 2.75) is 71.3 Å². The highest BCUT2D eigenvalue weighted by Crippen LogP contribution is 2.46. The number of carbonyl (C=O) groups is 3. The van der Waals surface area contributed by atoms with Gasteiger partial charge >= 0.3 is 5.97 Å². The van der Waals surface area contributed by atoms with Gasteiger partial charge in [0.15, 0.2) is 0 Å². The fourth-order valence-electron chi connectivity index (χ4n) is 5.72. The van der Waals surface area contributed by atoms with Crippen molar-refractivity contribution in [3.05, 3.63) is 28.2 Å². The van der Waals surface area contributed by atoms with Crippen LogP contribution in [0, 0.1) is 30.6 Å². The Hall–Kier alpha value is -2.15. The van der Waals surface area contributed by atoms with E-state index in [0.717, 1.165) is 49.0 Å². The molecule has 4 aliphatic carbocycles. The number of amides is 2. The molecule has 0 spiro atoms. The maximum Gasteiger partial charge on any atom is 0.307 e. The normalized spacial score (nSPS) is 27.8. The number of allylic oxidation sites excluding steroid dienone is 2. The second kappa shape index (κ2) is 9.15. The number of aliphatic carboxylic acids is 1. The van der Waals surface area contributed by atoms with Crippen molar-refractivity contribution in [2.75, 3.05) is 5.32 Å². The zero-order valence-electron chi connectivity index (χ0n) is 18.3. The van der Waals surface area contributed by atoms with Crippen LogP contribution in [0.2, 0.25) is 0 Å². The first-order valence-corrected chi connectivity index (χ1v) is 12.4. The number of carbonyl (C=O) groups excluding carboxylic acids is 2. The number of hydrogen-bond donors (Lipinski definition) is 3. The van der Waals surface area contributed by atoms with Crippen LogP contribution >= 0.6 is 11.3 Å². The van der Waals surface area contributed by atoms with Crippen LogP contribution in [0.1, 0.15) is 72.7 Å². The predicted molar refractivity (Wildman–Crippen MR) is 121 cm³/mol. The molecule has 1 aromatic rings. The molecule has 2 amide bonds. The van der Waals surface area contributed by atoms with Gasteiger partial charge in [-0.05, 0) is 56.4 Å². The zero-order chi connectivity index (χ0) is 22.1. The Morgan fingerprint density at radius 1 is 1.03 bits per heavy atom. The average Bonchev–Trinajstić information content (AvgIpc) is 3.09. The van der Waals surface area contributed by atoms with Crippen LogP contribution in [0.25, 0.3) is 0 Å². The smallest absolute Gasteiger partial charge is 0.307 e. The summed E-state index contributed by atoms with van der Waals surface area (Å²) < 4.78 is 0. The number of nitrogens with one attached hydrogen (secondary N) is 2. The monoisotopic (exact) mass is 444 g/mol. The van der Waals surface area contributed by atoms with Crippen LogP contribution in [0.5, 0.6) is 0 Å². The molecule has 2 saturated carbocycles. The number of fused-ring (bicyclic) bond motifs is 2. The van der Waals surface area contributed by atoms with Gasteiger partial charge in [0, 0.05) is 10.9 Å². The first-order chi connectivity index (χ1) is 14.9. The van der Waals surface area contributed by atoms with Gasteiger partial charge < -0.3 is 15.7 Å². The van der Waals surface area contributed by atoms with E-state index in [1.165, 1.54) is 17.8 Å². The molecule has 3 N–H and O–H groups in total. The number of carboxylic acid groups (broad SMARTS) is 1. The minimum atomic E-state index is -0.911. The van der Waals surface area contributed by atoms with E-state index >= 15 is 0 Å². The molecular weight excluding hydrogens is 412 g/mol. The molecule has 0 radical (unpaired) electrons. The van der Waals surface area contributed by atoms with Gasteiger partial charge in [0.05, 0.1) is 17.4 Å². The molecule has 31 heavy (non-hydrogen) atoms. The van der Waals surface area contributed by atoms with Crippen LogP contribution in [0.4, 0.5) is 5.00 Å². The van der Waals surface area contributed by atoms with Gasteiger partial charge in [-0.2, -0.15) is 0 Å². The van der Waals surface area contributed by atoms with Crippen LogP contribution < -0.4 is 10.6 Å². The van der Waals surface area contributed by atoms with Crippen molar-refractivity contribution in [1.82, 2.24) is 5.32 Å². The van der Waals surface area contributed by atoms with E-state index in [9.17, 15) is 19.5 Å². The summed E-state index contributed by atoms with van der Waals surface area (Å²) in [4.78, 5) is 39.5. The van der Waals surface area contributed by atoms with Crippen molar-refractivity contribution in [2.24, 2.45) is 23.7 Å². The van der Waals surface area contributed by atoms with E-state index in [2.05, 4.69) is 10.6 Å². The van der Waals surface area contributed by atoms with E-state index in [4.69, 9.17) is 0 Å². The minimum Gasteiger partial charge on any atom is -0.481 e. The predicted octanol–water partition coefficient (Wildman–Crippen LogP) is 4.53. The molecule has 0 unspecified atom stereocenters. The summed E-state index contributed by atoms with van der Waals surface area (Å²) in [7, 11) is 0. The third kappa shape index (κ3) is 4.29. The van der Waals surface area contributed by atoms with Gasteiger partial charge in [-0.25, -0.2) is 0 Å². The van der Waals surface area contributed by atoms with Crippen LogP contribution in [0.15, 0.2) is 12.2 Å². The molecule has 6 nitrogen and oxygen atoms in total. The fraction of sp³-hybridized carbons (Fsp3) is 0.625. The number of thiophene rings is 1. The molecular formula is C24H32N2O4S. The fourth-order valence-corrected chi connectivity index (χ4v) is 6.87. The summed E-state index contributed by atoms with van der Waals surface area (Å²) in [5, 5.41) is 16.5. The molecule has 2 bridgehead atoms. The summed E-state index contributed by atoms with van der Waals surface area (Å²) >= 11 is 1.42. The number of hydrogen-bond acceptors (Lipinski definition) is 4. The Balaban J connectivity index is 1.58. The van der Waals surface area contributed by atoms with Crippen LogP contribution in [-0.2, 0) is 16.0 Å². The maximum absolute atomic E-state index is 13.3. The highest BCUT2D eigenvalue weighted by Gasteiger charge is 2.48. The third-order valence-corrected chi connectivity index (χ3v) is 8.37. The molecule has 1 aromatic heterocycles. The van der Waals surface area contributed by atoms with Crippen LogP contribution in [0.3, 0.4) is 0 Å². The van der Waals surface area contributed by atoms with Crippen molar-refractivity contribution >= 4 is 34.1 Å². The molecule has 7 heteroatoms. The average molecular weight is 445 g/mol. The molecule has 1 heterocycles. The summed E-state index contributed by atoms with van der Waals surface area (Å²) in [6, 6.07) is 0.185. The van der Waals surface area contributed by atoms with E-state index in [0.29, 0.717) is 17.0 Å². The van der Waals surface area contributed by atoms with Gasteiger partial charge in [-0.15, -0.1) is 11.3 Å². The van der Waals surface area contributed by atoms with Crippen LogP contribution in [-0.4, -0.2) is 28.9 Å². The highest BCUT2D eigenvalue weighted by atomic mass is 32.1. The molecule has 168 valence electrons. The zero-order valence-corrected chi connectivity index (χ0v) is 19.1. The lowest BCUT2D eigenvalue weighted by atomic mass is 9.62. The van der Waals surface area contributed by atoms with Gasteiger partial charge in [-0.3, -0.25) is 14.4 Å². The Morgan fingerprint density at radius 3 is 2.26 bits per heavy atom. The summed E-state index contributed by atoms with van der Waals surface area (Å²) in [5.41, 5.74) is 1.53. The SMILES string of the molecule is CCc1c(C)sc(NC(=O)[C@H]2[C@@H](C(=O)O)[C@H]3C=C[C@H]2CC3)c1C(=O)NC1CCCCC1. The first kappa shape index (κ1) is 22.1. The van der Waals surface area contributed by atoms with E-state index in [1.807, 2.05) is 26.0 Å². The summed E-state index contributed by atoms with van der Waals surface area (Å²) in [6.07, 6.45) is 11.8. The largest absolute Gasteiger partial charge is 0.481 e. The van der Waals surface area contributed by atoms with Gasteiger partial charge in [0.2, 0.25) is 5.91 Å². The second-order valence-electron chi connectivity index (χ2n) is 9.17. The summed E-state index contributed by atoms with van der Waals surface area (Å²) in [6.45, 7) is 3.99. The first-order valence-electron chi connectivity index (χ1n) is 11.6.